The van der Waals surface area contributed by atoms with Gasteiger partial charge in [-0.1, -0.05) is 52.3 Å². The number of rotatable bonds is 7. The van der Waals surface area contributed by atoms with Crippen molar-refractivity contribution in [2.75, 3.05) is 10.8 Å². The summed E-state index contributed by atoms with van der Waals surface area (Å²) >= 11 is 3.31. The number of carbonyl (C=O) groups is 1. The van der Waals surface area contributed by atoms with Crippen LogP contribution in [0.4, 0.5) is 5.69 Å². The minimum atomic E-state index is -3.84. The standard InChI is InChI=1S/C20H18BrNO4S/c21-16-10-12-17(13-11-16)27(25,26)22(14-4-9-20(23)24)19-8-3-6-15-5-1-2-7-18(15)19/h1-3,5-8,10-13H,4,9,14H2,(H,23,24). The second-order valence-corrected chi connectivity index (χ2v) is 8.80. The Labute approximate surface area is 166 Å². The Morgan fingerprint density at radius 2 is 1.63 bits per heavy atom. The molecule has 3 aromatic rings. The van der Waals surface area contributed by atoms with Crippen LogP contribution in [0, 0.1) is 0 Å². The van der Waals surface area contributed by atoms with Crippen molar-refractivity contribution in [1.82, 2.24) is 0 Å². The van der Waals surface area contributed by atoms with Crippen LogP contribution in [0.15, 0.2) is 76.1 Å². The van der Waals surface area contributed by atoms with E-state index in [9.17, 15) is 13.2 Å². The zero-order chi connectivity index (χ0) is 19.4. The second kappa shape index (κ2) is 8.10. The van der Waals surface area contributed by atoms with E-state index in [4.69, 9.17) is 5.11 Å². The smallest absolute Gasteiger partial charge is 0.303 e. The average Bonchev–Trinajstić information content (AvgIpc) is 2.65. The molecule has 0 fully saturated rings. The molecule has 0 bridgehead atoms. The third-order valence-electron chi connectivity index (χ3n) is 4.19. The Kier molecular flexibility index (Phi) is 5.82. The van der Waals surface area contributed by atoms with Gasteiger partial charge in [-0.25, -0.2) is 8.42 Å². The lowest BCUT2D eigenvalue weighted by Gasteiger charge is -2.26. The summed E-state index contributed by atoms with van der Waals surface area (Å²) in [6.07, 6.45) is 0.117. The van der Waals surface area contributed by atoms with Crippen LogP contribution >= 0.6 is 15.9 Å². The molecule has 0 aromatic heterocycles. The predicted octanol–water partition coefficient (Wildman–Crippen LogP) is 4.66. The maximum Gasteiger partial charge on any atom is 0.303 e. The third-order valence-corrected chi connectivity index (χ3v) is 6.54. The first kappa shape index (κ1) is 19.4. The van der Waals surface area contributed by atoms with E-state index in [-0.39, 0.29) is 24.3 Å². The molecule has 0 saturated heterocycles. The lowest BCUT2D eigenvalue weighted by Crippen LogP contribution is -2.32. The van der Waals surface area contributed by atoms with Crippen LogP contribution in [0.1, 0.15) is 12.8 Å². The van der Waals surface area contributed by atoms with Gasteiger partial charge in [0.15, 0.2) is 0 Å². The van der Waals surface area contributed by atoms with Gasteiger partial charge in [0.25, 0.3) is 10.0 Å². The van der Waals surface area contributed by atoms with Gasteiger partial charge >= 0.3 is 5.97 Å². The number of aliphatic carboxylic acids is 1. The van der Waals surface area contributed by atoms with E-state index in [1.54, 1.807) is 24.3 Å². The highest BCUT2D eigenvalue weighted by Crippen LogP contribution is 2.31. The van der Waals surface area contributed by atoms with Crippen molar-refractivity contribution in [3.05, 3.63) is 71.2 Å². The van der Waals surface area contributed by atoms with Crippen LogP contribution in [-0.4, -0.2) is 26.0 Å². The molecule has 3 aromatic carbocycles. The normalized spacial score (nSPS) is 11.4. The Balaban J connectivity index is 2.10. The number of anilines is 1. The van der Waals surface area contributed by atoms with Gasteiger partial charge < -0.3 is 5.11 Å². The third kappa shape index (κ3) is 4.31. The zero-order valence-corrected chi connectivity index (χ0v) is 16.8. The Bertz CT molecular complexity index is 1060. The SMILES string of the molecule is O=C(O)CCCN(c1cccc2ccccc12)S(=O)(=O)c1ccc(Br)cc1. The summed E-state index contributed by atoms with van der Waals surface area (Å²) in [6.45, 7) is 0.0820. The van der Waals surface area contributed by atoms with E-state index in [2.05, 4.69) is 15.9 Å². The highest BCUT2D eigenvalue weighted by atomic mass is 79.9. The van der Waals surface area contributed by atoms with Crippen molar-refractivity contribution < 1.29 is 18.3 Å². The summed E-state index contributed by atoms with van der Waals surface area (Å²) in [5.74, 6) is -0.950. The highest BCUT2D eigenvalue weighted by Gasteiger charge is 2.26. The first-order valence-corrected chi connectivity index (χ1v) is 10.6. The molecule has 3 rings (SSSR count). The number of halogens is 1. The predicted molar refractivity (Wildman–Crippen MR) is 109 cm³/mol. The maximum absolute atomic E-state index is 13.3. The molecule has 0 heterocycles. The van der Waals surface area contributed by atoms with Gasteiger partial charge in [-0.05, 0) is 42.1 Å². The molecule has 0 unspecified atom stereocenters. The molecular weight excluding hydrogens is 430 g/mol. The molecule has 0 amide bonds. The zero-order valence-electron chi connectivity index (χ0n) is 14.4. The molecule has 7 heteroatoms. The van der Waals surface area contributed by atoms with Crippen LogP contribution in [-0.2, 0) is 14.8 Å². The van der Waals surface area contributed by atoms with Gasteiger partial charge in [0.05, 0.1) is 10.6 Å². The molecule has 27 heavy (non-hydrogen) atoms. The topological polar surface area (TPSA) is 74.7 Å². The number of carboxylic acid groups (broad SMARTS) is 1. The molecule has 1 N–H and O–H groups in total. The number of hydrogen-bond donors (Lipinski definition) is 1. The van der Waals surface area contributed by atoms with E-state index in [1.807, 2.05) is 30.3 Å². The van der Waals surface area contributed by atoms with Crippen molar-refractivity contribution in [3.8, 4) is 0 Å². The first-order chi connectivity index (χ1) is 12.9. The molecular formula is C20H18BrNO4S. The van der Waals surface area contributed by atoms with Crippen molar-refractivity contribution in [1.29, 1.82) is 0 Å². The monoisotopic (exact) mass is 447 g/mol. The molecule has 5 nitrogen and oxygen atoms in total. The molecule has 0 saturated carbocycles. The Morgan fingerprint density at radius 1 is 0.963 bits per heavy atom. The van der Waals surface area contributed by atoms with Gasteiger partial charge in [0.1, 0.15) is 0 Å². The van der Waals surface area contributed by atoms with E-state index < -0.39 is 16.0 Å². The molecule has 0 aliphatic rings. The maximum atomic E-state index is 13.3. The van der Waals surface area contributed by atoms with Crippen LogP contribution in [0.25, 0.3) is 10.8 Å². The molecule has 0 aliphatic heterocycles. The molecule has 140 valence electrons. The summed E-state index contributed by atoms with van der Waals surface area (Å²) < 4.78 is 28.7. The van der Waals surface area contributed by atoms with Crippen LogP contribution in [0.2, 0.25) is 0 Å². The number of hydrogen-bond acceptors (Lipinski definition) is 3. The largest absolute Gasteiger partial charge is 0.481 e. The van der Waals surface area contributed by atoms with Gasteiger partial charge in [0.2, 0.25) is 0 Å². The van der Waals surface area contributed by atoms with E-state index in [1.165, 1.54) is 16.4 Å². The van der Waals surface area contributed by atoms with Gasteiger partial charge in [-0.2, -0.15) is 0 Å². The van der Waals surface area contributed by atoms with E-state index in [0.29, 0.717) is 5.69 Å². The lowest BCUT2D eigenvalue weighted by molar-refractivity contribution is -0.137. The highest BCUT2D eigenvalue weighted by molar-refractivity contribution is 9.10. The quantitative estimate of drug-likeness (QED) is 0.571. The fraction of sp³-hybridized carbons (Fsp3) is 0.150. The number of sulfonamides is 1. The number of benzene rings is 3. The fourth-order valence-electron chi connectivity index (χ4n) is 2.90. The Morgan fingerprint density at radius 3 is 2.33 bits per heavy atom. The first-order valence-electron chi connectivity index (χ1n) is 8.37. The van der Waals surface area contributed by atoms with Crippen LogP contribution < -0.4 is 4.31 Å². The summed E-state index contributed by atoms with van der Waals surface area (Å²) in [7, 11) is -3.84. The molecule has 0 atom stereocenters. The van der Waals surface area contributed by atoms with Gasteiger partial charge in [0, 0.05) is 22.8 Å². The van der Waals surface area contributed by atoms with Gasteiger partial charge in [-0.15, -0.1) is 0 Å². The summed E-state index contributed by atoms with van der Waals surface area (Å²) in [6, 6.07) is 19.4. The van der Waals surface area contributed by atoms with E-state index in [0.717, 1.165) is 15.2 Å². The minimum absolute atomic E-state index is 0.0820. The molecule has 0 spiro atoms. The van der Waals surface area contributed by atoms with Crippen molar-refractivity contribution in [3.63, 3.8) is 0 Å². The number of fused-ring (bicyclic) bond motifs is 1. The average molecular weight is 448 g/mol. The van der Waals surface area contributed by atoms with Crippen molar-refractivity contribution in [2.45, 2.75) is 17.7 Å². The van der Waals surface area contributed by atoms with Crippen molar-refractivity contribution in [2.24, 2.45) is 0 Å². The Hall–Kier alpha value is -2.38. The molecule has 0 aliphatic carbocycles. The van der Waals surface area contributed by atoms with Gasteiger partial charge in [-0.3, -0.25) is 9.10 Å². The second-order valence-electron chi connectivity index (χ2n) is 6.03. The van der Waals surface area contributed by atoms with E-state index >= 15 is 0 Å². The summed E-state index contributed by atoms with van der Waals surface area (Å²) in [4.78, 5) is 11.1. The lowest BCUT2D eigenvalue weighted by atomic mass is 10.1. The van der Waals surface area contributed by atoms with Crippen LogP contribution in [0.5, 0.6) is 0 Å². The van der Waals surface area contributed by atoms with Crippen molar-refractivity contribution >= 4 is 48.4 Å². The molecule has 0 radical (unpaired) electrons. The van der Waals surface area contributed by atoms with Crippen LogP contribution in [0.3, 0.4) is 0 Å². The summed E-state index contributed by atoms with van der Waals surface area (Å²) in [5, 5.41) is 10.7. The number of carboxylic acids is 1. The minimum Gasteiger partial charge on any atom is -0.481 e. The fourth-order valence-corrected chi connectivity index (χ4v) is 4.69. The number of nitrogens with zero attached hydrogens (tertiary/aromatic N) is 1. The summed E-state index contributed by atoms with van der Waals surface area (Å²) in [5.41, 5.74) is 0.543.